The summed E-state index contributed by atoms with van der Waals surface area (Å²) >= 11 is 0. The summed E-state index contributed by atoms with van der Waals surface area (Å²) in [5.74, 6) is -0.455. The van der Waals surface area contributed by atoms with Gasteiger partial charge in [0.15, 0.2) is 0 Å². The summed E-state index contributed by atoms with van der Waals surface area (Å²) in [5, 5.41) is 0. The maximum absolute atomic E-state index is 11.4. The fourth-order valence-corrected chi connectivity index (χ4v) is 1.73. The Kier molecular flexibility index (Phi) is 3.84. The van der Waals surface area contributed by atoms with Crippen LogP contribution in [0.2, 0.25) is 0 Å². The number of anilines is 1. The van der Waals surface area contributed by atoms with Crippen LogP contribution in [0.15, 0.2) is 6.07 Å². The number of rotatable bonds is 4. The molecule has 4 N–H and O–H groups in total. The monoisotopic (exact) mass is 222 g/mol. The Labute approximate surface area is 95.4 Å². The number of hydrogen-bond donors (Lipinski definition) is 2. The Morgan fingerprint density at radius 3 is 2.62 bits per heavy atom. The normalized spacial score (nSPS) is 10.2. The molecule has 0 saturated heterocycles. The van der Waals surface area contributed by atoms with Crippen molar-refractivity contribution in [3.8, 4) is 0 Å². The van der Waals surface area contributed by atoms with Gasteiger partial charge in [0.25, 0.3) is 5.91 Å². The number of likely N-dealkylation sites (N-methyl/N-ethyl adjacent to an activating group) is 1. The van der Waals surface area contributed by atoms with Gasteiger partial charge in [0.1, 0.15) is 0 Å². The summed E-state index contributed by atoms with van der Waals surface area (Å²) in [6.07, 6.45) is 0. The van der Waals surface area contributed by atoms with Gasteiger partial charge in [-0.25, -0.2) is 0 Å². The van der Waals surface area contributed by atoms with Crippen LogP contribution in [-0.4, -0.2) is 31.0 Å². The second-order valence-electron chi connectivity index (χ2n) is 3.82. The first-order chi connectivity index (χ1) is 7.47. The summed E-state index contributed by atoms with van der Waals surface area (Å²) in [6.45, 7) is 4.86. The van der Waals surface area contributed by atoms with E-state index in [0.29, 0.717) is 24.3 Å². The lowest BCUT2D eigenvalue weighted by atomic mass is 10.1. The predicted molar refractivity (Wildman–Crippen MR) is 64.6 cm³/mol. The molecular formula is C11H18N4O. The van der Waals surface area contributed by atoms with Crippen LogP contribution in [0.3, 0.4) is 0 Å². The maximum atomic E-state index is 11.4. The van der Waals surface area contributed by atoms with Crippen molar-refractivity contribution in [1.82, 2.24) is 4.98 Å². The van der Waals surface area contributed by atoms with E-state index in [1.165, 1.54) is 0 Å². The van der Waals surface area contributed by atoms with Gasteiger partial charge in [0, 0.05) is 25.8 Å². The van der Waals surface area contributed by atoms with E-state index in [1.54, 1.807) is 6.92 Å². The van der Waals surface area contributed by atoms with Crippen LogP contribution in [-0.2, 0) is 0 Å². The number of pyridine rings is 1. The van der Waals surface area contributed by atoms with Gasteiger partial charge in [-0.3, -0.25) is 9.78 Å². The Morgan fingerprint density at radius 2 is 2.12 bits per heavy atom. The van der Waals surface area contributed by atoms with Crippen molar-refractivity contribution in [1.29, 1.82) is 0 Å². The first kappa shape index (κ1) is 12.4. The predicted octanol–water partition coefficient (Wildman–Crippen LogP) is 0.192. The van der Waals surface area contributed by atoms with Gasteiger partial charge in [-0.1, -0.05) is 0 Å². The maximum Gasteiger partial charge on any atom is 0.252 e. The van der Waals surface area contributed by atoms with Gasteiger partial charge in [-0.05, 0) is 19.9 Å². The van der Waals surface area contributed by atoms with Crippen molar-refractivity contribution in [2.45, 2.75) is 13.8 Å². The third-order valence-corrected chi connectivity index (χ3v) is 2.43. The summed E-state index contributed by atoms with van der Waals surface area (Å²) in [6, 6.07) is 1.85. The van der Waals surface area contributed by atoms with Gasteiger partial charge in [0.2, 0.25) is 0 Å². The second kappa shape index (κ2) is 4.94. The first-order valence-corrected chi connectivity index (χ1v) is 5.16. The molecule has 0 fully saturated rings. The smallest absolute Gasteiger partial charge is 0.252 e. The van der Waals surface area contributed by atoms with E-state index in [9.17, 15) is 4.79 Å². The molecule has 1 heterocycles. The number of nitrogens with two attached hydrogens (primary N) is 2. The van der Waals surface area contributed by atoms with Gasteiger partial charge in [-0.15, -0.1) is 0 Å². The SMILES string of the molecule is Cc1cc(N(C)CCN)c(C(N)=O)c(C)n1. The lowest BCUT2D eigenvalue weighted by Crippen LogP contribution is -2.28. The van der Waals surface area contributed by atoms with Crippen molar-refractivity contribution in [3.63, 3.8) is 0 Å². The number of aromatic nitrogens is 1. The Morgan fingerprint density at radius 1 is 1.50 bits per heavy atom. The minimum absolute atomic E-state index is 0.455. The molecule has 88 valence electrons. The zero-order valence-electron chi connectivity index (χ0n) is 9.95. The Bertz CT molecular complexity index is 403. The van der Waals surface area contributed by atoms with Crippen molar-refractivity contribution >= 4 is 11.6 Å². The van der Waals surface area contributed by atoms with Crippen LogP contribution in [0.25, 0.3) is 0 Å². The first-order valence-electron chi connectivity index (χ1n) is 5.16. The highest BCUT2D eigenvalue weighted by Crippen LogP contribution is 2.22. The van der Waals surface area contributed by atoms with Gasteiger partial charge in [0.05, 0.1) is 16.9 Å². The molecule has 0 aromatic carbocycles. The summed E-state index contributed by atoms with van der Waals surface area (Å²) in [7, 11) is 1.88. The fraction of sp³-hybridized carbons (Fsp3) is 0.455. The molecule has 16 heavy (non-hydrogen) atoms. The summed E-state index contributed by atoms with van der Waals surface area (Å²) < 4.78 is 0. The van der Waals surface area contributed by atoms with Crippen LogP contribution in [0.5, 0.6) is 0 Å². The van der Waals surface area contributed by atoms with E-state index >= 15 is 0 Å². The molecule has 0 saturated carbocycles. The molecule has 1 aromatic rings. The zero-order valence-corrected chi connectivity index (χ0v) is 9.95. The van der Waals surface area contributed by atoms with E-state index in [2.05, 4.69) is 4.98 Å². The number of primary amides is 1. The van der Waals surface area contributed by atoms with Crippen molar-refractivity contribution in [2.75, 3.05) is 25.0 Å². The average molecular weight is 222 g/mol. The van der Waals surface area contributed by atoms with Gasteiger partial charge < -0.3 is 16.4 Å². The number of amides is 1. The van der Waals surface area contributed by atoms with Crippen LogP contribution < -0.4 is 16.4 Å². The Balaban J connectivity index is 3.29. The lowest BCUT2D eigenvalue weighted by Gasteiger charge is -2.22. The third kappa shape index (κ3) is 2.49. The van der Waals surface area contributed by atoms with Crippen LogP contribution in [0.1, 0.15) is 21.7 Å². The highest BCUT2D eigenvalue weighted by molar-refractivity contribution is 5.99. The van der Waals surface area contributed by atoms with Gasteiger partial charge >= 0.3 is 0 Å². The number of nitrogens with zero attached hydrogens (tertiary/aromatic N) is 2. The van der Waals surface area contributed by atoms with E-state index < -0.39 is 5.91 Å². The number of carbonyl (C=O) groups is 1. The van der Waals surface area contributed by atoms with Crippen LogP contribution in [0, 0.1) is 13.8 Å². The molecule has 5 heteroatoms. The molecule has 5 nitrogen and oxygen atoms in total. The van der Waals surface area contributed by atoms with Crippen molar-refractivity contribution < 1.29 is 4.79 Å². The van der Waals surface area contributed by atoms with Crippen LogP contribution >= 0.6 is 0 Å². The van der Waals surface area contributed by atoms with E-state index in [0.717, 1.165) is 11.4 Å². The van der Waals surface area contributed by atoms with Crippen molar-refractivity contribution in [2.24, 2.45) is 11.5 Å². The molecule has 0 bridgehead atoms. The molecule has 1 rings (SSSR count). The average Bonchev–Trinajstić information content (AvgIpc) is 2.15. The Hall–Kier alpha value is -1.62. The topological polar surface area (TPSA) is 85.2 Å². The molecular weight excluding hydrogens is 204 g/mol. The largest absolute Gasteiger partial charge is 0.373 e. The molecule has 0 aliphatic rings. The minimum Gasteiger partial charge on any atom is -0.373 e. The number of carbonyl (C=O) groups excluding carboxylic acids is 1. The summed E-state index contributed by atoms with van der Waals surface area (Å²) in [4.78, 5) is 17.5. The molecule has 0 aliphatic carbocycles. The standard InChI is InChI=1S/C11H18N4O/c1-7-6-9(15(3)5-4-12)10(11(13)16)8(2)14-7/h6H,4-5,12H2,1-3H3,(H2,13,16). The van der Waals surface area contributed by atoms with Crippen LogP contribution in [0.4, 0.5) is 5.69 Å². The molecule has 0 atom stereocenters. The zero-order chi connectivity index (χ0) is 12.3. The molecule has 0 radical (unpaired) electrons. The molecule has 1 amide bonds. The molecule has 0 aliphatic heterocycles. The second-order valence-corrected chi connectivity index (χ2v) is 3.82. The fourth-order valence-electron chi connectivity index (χ4n) is 1.73. The highest BCUT2D eigenvalue weighted by Gasteiger charge is 2.16. The molecule has 0 spiro atoms. The molecule has 0 unspecified atom stereocenters. The minimum atomic E-state index is -0.455. The number of aryl methyl sites for hydroxylation is 2. The van der Waals surface area contributed by atoms with Crippen molar-refractivity contribution in [3.05, 3.63) is 23.0 Å². The quantitative estimate of drug-likeness (QED) is 0.761. The lowest BCUT2D eigenvalue weighted by molar-refractivity contribution is 0.1000. The highest BCUT2D eigenvalue weighted by atomic mass is 16.1. The molecule has 1 aromatic heterocycles. The third-order valence-electron chi connectivity index (χ3n) is 2.43. The number of hydrogen-bond acceptors (Lipinski definition) is 4. The van der Waals surface area contributed by atoms with E-state index in [1.807, 2.05) is 24.9 Å². The van der Waals surface area contributed by atoms with E-state index in [4.69, 9.17) is 11.5 Å². The van der Waals surface area contributed by atoms with Gasteiger partial charge in [-0.2, -0.15) is 0 Å². The van der Waals surface area contributed by atoms with E-state index in [-0.39, 0.29) is 0 Å². The summed E-state index contributed by atoms with van der Waals surface area (Å²) in [5.41, 5.74) is 13.6.